The highest BCUT2D eigenvalue weighted by molar-refractivity contribution is 5.80. The minimum Gasteiger partial charge on any atom is -0.352 e. The van der Waals surface area contributed by atoms with Crippen molar-refractivity contribution in [3.63, 3.8) is 0 Å². The normalized spacial score (nSPS) is 17.3. The van der Waals surface area contributed by atoms with Gasteiger partial charge in [-0.1, -0.05) is 13.8 Å². The van der Waals surface area contributed by atoms with E-state index in [0.717, 1.165) is 62.1 Å². The number of rotatable bonds is 5. The van der Waals surface area contributed by atoms with Gasteiger partial charge in [0.2, 0.25) is 0 Å². The van der Waals surface area contributed by atoms with Crippen LogP contribution in [0.3, 0.4) is 0 Å². The molecule has 3 heterocycles. The molecule has 0 saturated carbocycles. The molecule has 2 N–H and O–H groups in total. The fourth-order valence-electron chi connectivity index (χ4n) is 3.71. The summed E-state index contributed by atoms with van der Waals surface area (Å²) in [5, 5.41) is 16.1. The Bertz CT molecular complexity index is 785. The third-order valence-corrected chi connectivity index (χ3v) is 4.99. The number of nitrogens with zero attached hydrogens (tertiary/aromatic N) is 6. The van der Waals surface area contributed by atoms with E-state index in [1.54, 1.807) is 0 Å². The van der Waals surface area contributed by atoms with E-state index in [4.69, 9.17) is 0 Å². The molecule has 1 aliphatic rings. The number of hydrogen-bond donors (Lipinski definition) is 2. The van der Waals surface area contributed by atoms with E-state index in [0.29, 0.717) is 6.04 Å². The summed E-state index contributed by atoms with van der Waals surface area (Å²) in [5.41, 5.74) is 3.73. The number of aromatic nitrogens is 5. The number of hydrogen-bond acceptors (Lipinski definition) is 4. The van der Waals surface area contributed by atoms with Crippen LogP contribution in [-0.4, -0.2) is 43.6 Å². The van der Waals surface area contributed by atoms with Gasteiger partial charge in [0.1, 0.15) is 11.6 Å². The zero-order valence-corrected chi connectivity index (χ0v) is 16.5. The highest BCUT2D eigenvalue weighted by Gasteiger charge is 2.22. The molecule has 2 aromatic heterocycles. The summed E-state index contributed by atoms with van der Waals surface area (Å²) in [6.07, 6.45) is 3.89. The molecule has 0 amide bonds. The van der Waals surface area contributed by atoms with Crippen molar-refractivity contribution >= 4 is 5.96 Å². The molecule has 8 heteroatoms. The Hall–Kier alpha value is -2.38. The molecule has 0 saturated heterocycles. The van der Waals surface area contributed by atoms with Crippen LogP contribution in [0.2, 0.25) is 0 Å². The number of aliphatic imine (C=N–C) groups is 1. The summed E-state index contributed by atoms with van der Waals surface area (Å²) in [4.78, 5) is 8.87. The lowest BCUT2D eigenvalue weighted by Gasteiger charge is -2.25. The third kappa shape index (κ3) is 3.73. The van der Waals surface area contributed by atoms with Crippen molar-refractivity contribution in [3.05, 3.63) is 28.6 Å². The zero-order valence-electron chi connectivity index (χ0n) is 16.5. The molecule has 1 unspecified atom stereocenters. The topological polar surface area (TPSA) is 84.9 Å². The molecule has 1 aliphatic heterocycles. The predicted octanol–water partition coefficient (Wildman–Crippen LogP) is 1.12. The lowest BCUT2D eigenvalue weighted by atomic mass is 10.1. The Morgan fingerprint density at radius 1 is 1.27 bits per heavy atom. The first-order valence-electron chi connectivity index (χ1n) is 9.46. The van der Waals surface area contributed by atoms with E-state index in [2.05, 4.69) is 44.7 Å². The average molecular weight is 358 g/mol. The molecule has 0 aromatic carbocycles. The van der Waals surface area contributed by atoms with Crippen molar-refractivity contribution in [3.8, 4) is 0 Å². The first-order chi connectivity index (χ1) is 12.5. The number of nitrogens with one attached hydrogen (secondary N) is 2. The molecule has 0 bridgehead atoms. The van der Waals surface area contributed by atoms with Crippen molar-refractivity contribution in [2.75, 3.05) is 7.05 Å². The Morgan fingerprint density at radius 2 is 2.08 bits per heavy atom. The van der Waals surface area contributed by atoms with Gasteiger partial charge in [-0.25, -0.2) is 9.67 Å². The van der Waals surface area contributed by atoms with Gasteiger partial charge in [0.05, 0.1) is 12.2 Å². The molecular weight excluding hydrogens is 328 g/mol. The zero-order chi connectivity index (χ0) is 18.7. The van der Waals surface area contributed by atoms with Crippen molar-refractivity contribution in [2.24, 2.45) is 12.0 Å². The highest BCUT2D eigenvalue weighted by atomic mass is 15.4. The average Bonchev–Trinajstić information content (AvgIpc) is 3.15. The van der Waals surface area contributed by atoms with Crippen LogP contribution in [0.5, 0.6) is 0 Å². The lowest BCUT2D eigenvalue weighted by molar-refractivity contribution is 0.392. The SMILES string of the molecule is CCc1nn(C)c(CC)c1CNC(=NC)NC1CCc2nc(C)nn2C1. The molecule has 0 spiro atoms. The first-order valence-corrected chi connectivity index (χ1v) is 9.46. The summed E-state index contributed by atoms with van der Waals surface area (Å²) in [7, 11) is 3.84. The Morgan fingerprint density at radius 3 is 2.77 bits per heavy atom. The monoisotopic (exact) mass is 358 g/mol. The fourth-order valence-corrected chi connectivity index (χ4v) is 3.71. The van der Waals surface area contributed by atoms with Crippen LogP contribution in [0.1, 0.15) is 48.9 Å². The van der Waals surface area contributed by atoms with Gasteiger partial charge in [-0.05, 0) is 26.2 Å². The summed E-state index contributed by atoms with van der Waals surface area (Å²) < 4.78 is 4.01. The van der Waals surface area contributed by atoms with Crippen LogP contribution in [0, 0.1) is 6.92 Å². The Labute approximate surface area is 155 Å². The standard InChI is InChI=1S/C18H30N8/c1-6-15-14(16(7-2)25(5)24-15)10-20-18(19-4)22-13-8-9-17-21-12(3)23-26(17)11-13/h13H,6-11H2,1-5H3,(H2,19,20,22). The van der Waals surface area contributed by atoms with Gasteiger partial charge < -0.3 is 10.6 Å². The molecule has 26 heavy (non-hydrogen) atoms. The third-order valence-electron chi connectivity index (χ3n) is 4.99. The second-order valence-corrected chi connectivity index (χ2v) is 6.77. The second-order valence-electron chi connectivity index (χ2n) is 6.77. The van der Waals surface area contributed by atoms with Crippen LogP contribution in [0.4, 0.5) is 0 Å². The number of fused-ring (bicyclic) bond motifs is 1. The summed E-state index contributed by atoms with van der Waals surface area (Å²) in [6, 6.07) is 0.306. The van der Waals surface area contributed by atoms with Gasteiger partial charge in [0.15, 0.2) is 5.96 Å². The van der Waals surface area contributed by atoms with E-state index in [9.17, 15) is 0 Å². The van der Waals surface area contributed by atoms with Crippen molar-refractivity contribution in [1.82, 2.24) is 35.2 Å². The predicted molar refractivity (Wildman–Crippen MR) is 102 cm³/mol. The van der Waals surface area contributed by atoms with Crippen molar-refractivity contribution < 1.29 is 0 Å². The maximum atomic E-state index is 4.64. The van der Waals surface area contributed by atoms with Crippen LogP contribution in [0.25, 0.3) is 0 Å². The molecule has 2 aromatic rings. The van der Waals surface area contributed by atoms with Crippen molar-refractivity contribution in [2.45, 2.75) is 65.6 Å². The van der Waals surface area contributed by atoms with E-state index < -0.39 is 0 Å². The summed E-state index contributed by atoms with van der Waals surface area (Å²) in [5.74, 6) is 2.75. The summed E-state index contributed by atoms with van der Waals surface area (Å²) in [6.45, 7) is 7.83. The lowest BCUT2D eigenvalue weighted by Crippen LogP contribution is -2.46. The first kappa shape index (κ1) is 18.4. The fraction of sp³-hybridized carbons (Fsp3) is 0.667. The van der Waals surface area contributed by atoms with Gasteiger partial charge in [-0.3, -0.25) is 9.67 Å². The van der Waals surface area contributed by atoms with Crippen LogP contribution >= 0.6 is 0 Å². The molecule has 1 atom stereocenters. The minimum absolute atomic E-state index is 0.306. The van der Waals surface area contributed by atoms with Gasteiger partial charge in [-0.2, -0.15) is 10.2 Å². The smallest absolute Gasteiger partial charge is 0.191 e. The van der Waals surface area contributed by atoms with E-state index in [1.165, 1.54) is 11.3 Å². The van der Waals surface area contributed by atoms with E-state index in [1.807, 2.05) is 30.4 Å². The molecule has 0 radical (unpaired) electrons. The quantitative estimate of drug-likeness (QED) is 0.618. The molecule has 3 rings (SSSR count). The summed E-state index contributed by atoms with van der Waals surface area (Å²) >= 11 is 0. The molecule has 0 fully saturated rings. The van der Waals surface area contributed by atoms with Crippen LogP contribution in [-0.2, 0) is 39.4 Å². The maximum absolute atomic E-state index is 4.64. The Kier molecular flexibility index (Phi) is 5.58. The highest BCUT2D eigenvalue weighted by Crippen LogP contribution is 2.16. The van der Waals surface area contributed by atoms with Crippen LogP contribution < -0.4 is 10.6 Å². The van der Waals surface area contributed by atoms with Crippen molar-refractivity contribution in [1.29, 1.82) is 0 Å². The number of guanidine groups is 1. The molecule has 8 nitrogen and oxygen atoms in total. The molecule has 142 valence electrons. The van der Waals surface area contributed by atoms with E-state index >= 15 is 0 Å². The number of aryl methyl sites for hydroxylation is 4. The largest absolute Gasteiger partial charge is 0.352 e. The van der Waals surface area contributed by atoms with Gasteiger partial charge in [0.25, 0.3) is 0 Å². The maximum Gasteiger partial charge on any atom is 0.191 e. The Balaban J connectivity index is 1.63. The van der Waals surface area contributed by atoms with E-state index in [-0.39, 0.29) is 0 Å². The second kappa shape index (κ2) is 7.88. The van der Waals surface area contributed by atoms with Crippen LogP contribution in [0.15, 0.2) is 4.99 Å². The molecular formula is C18H30N8. The van der Waals surface area contributed by atoms with Gasteiger partial charge >= 0.3 is 0 Å². The van der Waals surface area contributed by atoms with Gasteiger partial charge in [-0.15, -0.1) is 0 Å². The molecule has 0 aliphatic carbocycles. The van der Waals surface area contributed by atoms with Gasteiger partial charge in [0, 0.05) is 44.4 Å². The minimum atomic E-state index is 0.306.